The average molecular weight is 496 g/mol. The van der Waals surface area contributed by atoms with Gasteiger partial charge in [-0.25, -0.2) is 9.37 Å². The fourth-order valence-corrected chi connectivity index (χ4v) is 3.95. The second kappa shape index (κ2) is 12.2. The highest BCUT2D eigenvalue weighted by Gasteiger charge is 2.27. The van der Waals surface area contributed by atoms with Crippen molar-refractivity contribution in [3.05, 3.63) is 77.5 Å². The van der Waals surface area contributed by atoms with Gasteiger partial charge in [0.1, 0.15) is 11.3 Å². The van der Waals surface area contributed by atoms with Crippen LogP contribution in [0.15, 0.2) is 53.5 Å². The highest BCUT2D eigenvalue weighted by molar-refractivity contribution is 6.05. The average Bonchev–Trinajstić information content (AvgIpc) is 3.24. The molecule has 8 heteroatoms. The molecule has 0 saturated carbocycles. The van der Waals surface area contributed by atoms with Crippen molar-refractivity contribution in [3.8, 4) is 11.5 Å². The molecular weight excluding hydrogens is 463 g/mol. The predicted octanol–water partition coefficient (Wildman–Crippen LogP) is 4.78. The molecule has 0 spiro atoms. The molecule has 1 heterocycles. The van der Waals surface area contributed by atoms with Crippen LogP contribution in [0, 0.1) is 19.7 Å². The Labute approximate surface area is 209 Å². The monoisotopic (exact) mass is 495 g/mol. The van der Waals surface area contributed by atoms with E-state index in [9.17, 15) is 14.4 Å². The van der Waals surface area contributed by atoms with E-state index in [4.69, 9.17) is 13.9 Å². The number of carbonyl (C=O) groups excluding carboxylic acids is 1. The zero-order chi connectivity index (χ0) is 26.2. The molecule has 3 aromatic rings. The summed E-state index contributed by atoms with van der Waals surface area (Å²) >= 11 is 0. The van der Waals surface area contributed by atoms with E-state index in [-0.39, 0.29) is 29.9 Å². The first-order valence-electron chi connectivity index (χ1n) is 11.8. The predicted molar refractivity (Wildman–Crippen MR) is 136 cm³/mol. The van der Waals surface area contributed by atoms with Gasteiger partial charge in [0.25, 0.3) is 0 Å². The highest BCUT2D eigenvalue weighted by atomic mass is 19.1. The van der Waals surface area contributed by atoms with Gasteiger partial charge in [-0.05, 0) is 54.6 Å². The number of rotatable bonds is 12. The molecule has 2 aromatic carbocycles. The van der Waals surface area contributed by atoms with E-state index in [2.05, 4.69) is 16.7 Å². The maximum atomic E-state index is 13.3. The van der Waals surface area contributed by atoms with Crippen LogP contribution in [-0.4, -0.2) is 34.9 Å². The van der Waals surface area contributed by atoms with Crippen molar-refractivity contribution in [2.75, 3.05) is 13.2 Å². The van der Waals surface area contributed by atoms with Crippen LogP contribution in [0.25, 0.3) is 11.1 Å². The van der Waals surface area contributed by atoms with Gasteiger partial charge >= 0.3 is 0 Å². The molecule has 0 amide bonds. The number of hydrogen-bond donors (Lipinski definition) is 2. The van der Waals surface area contributed by atoms with Gasteiger partial charge in [0.15, 0.2) is 17.4 Å². The van der Waals surface area contributed by atoms with E-state index in [0.717, 1.165) is 5.56 Å². The molecule has 2 N–H and O–H groups in total. The van der Waals surface area contributed by atoms with Crippen LogP contribution in [-0.2, 0) is 0 Å². The quantitative estimate of drug-likeness (QED) is 0.123. The van der Waals surface area contributed by atoms with Crippen molar-refractivity contribution in [1.82, 2.24) is 4.98 Å². The lowest BCUT2D eigenvalue weighted by Gasteiger charge is -2.18. The van der Waals surface area contributed by atoms with E-state index in [1.54, 1.807) is 44.2 Å². The number of ketones is 1. The Morgan fingerprint density at radius 1 is 1.22 bits per heavy atom. The molecule has 0 fully saturated rings. The lowest BCUT2D eigenvalue weighted by atomic mass is 9.98. The van der Waals surface area contributed by atoms with Crippen molar-refractivity contribution in [2.24, 2.45) is 0 Å². The molecule has 1 unspecified atom stereocenters. The number of halogens is 1. The summed E-state index contributed by atoms with van der Waals surface area (Å²) in [5.41, 5.74) is 3.49. The summed E-state index contributed by atoms with van der Waals surface area (Å²) in [4.78, 5) is 17.1. The molecule has 0 aliphatic carbocycles. The second-order valence-corrected chi connectivity index (χ2v) is 8.55. The number of aryl methyl sites for hydroxylation is 2. The van der Waals surface area contributed by atoms with Gasteiger partial charge in [-0.2, -0.15) is 0 Å². The lowest BCUT2D eigenvalue weighted by Crippen LogP contribution is -2.68. The molecular formula is C28H32FN2O5+. The van der Waals surface area contributed by atoms with E-state index in [0.29, 0.717) is 59.0 Å². The topological polar surface area (TPSA) is 95.8 Å². The maximum absolute atomic E-state index is 13.3. The van der Waals surface area contributed by atoms with Gasteiger partial charge in [0.05, 0.1) is 25.2 Å². The Kier molecular flexibility index (Phi) is 9.00. The van der Waals surface area contributed by atoms with E-state index in [1.165, 1.54) is 19.1 Å². The first kappa shape index (κ1) is 26.7. The summed E-state index contributed by atoms with van der Waals surface area (Å²) in [6.45, 7) is 11.1. The number of nitrogens with one attached hydrogen (secondary N) is 1. The van der Waals surface area contributed by atoms with E-state index in [1.807, 2.05) is 6.92 Å². The largest absolute Gasteiger partial charge is 0.488 e. The van der Waals surface area contributed by atoms with Gasteiger partial charge < -0.3 is 13.9 Å². The number of fused-ring (bicyclic) bond motifs is 1. The van der Waals surface area contributed by atoms with Crippen molar-refractivity contribution in [3.63, 3.8) is 0 Å². The van der Waals surface area contributed by atoms with Crippen molar-refractivity contribution in [2.45, 2.75) is 46.5 Å². The minimum Gasteiger partial charge on any atom is -0.488 e. The Hall–Kier alpha value is -3.94. The maximum Gasteiger partial charge on any atom is 0.228 e. The number of benzene rings is 2. The molecule has 190 valence electrons. The Morgan fingerprint density at radius 3 is 2.56 bits per heavy atom. The lowest BCUT2D eigenvalue weighted by molar-refractivity contribution is -0.737. The summed E-state index contributed by atoms with van der Waals surface area (Å²) in [5.74, 6) is 0.685. The van der Waals surface area contributed by atoms with Gasteiger partial charge in [-0.3, -0.25) is 10.0 Å². The minimum absolute atomic E-state index is 0.115. The number of aromatic nitrogens is 1. The summed E-state index contributed by atoms with van der Waals surface area (Å²) in [6.07, 6.45) is 5.93. The fraction of sp³-hybridized carbons (Fsp3) is 0.321. The summed E-state index contributed by atoms with van der Waals surface area (Å²) in [6, 6.07) is 6.40. The molecule has 1 atom stereocenters. The molecule has 0 saturated heterocycles. The smallest absolute Gasteiger partial charge is 0.228 e. The normalized spacial score (nSPS) is 12.8. The molecule has 1 aromatic heterocycles. The molecule has 7 nitrogen and oxygen atoms in total. The van der Waals surface area contributed by atoms with E-state index < -0.39 is 0 Å². The van der Waals surface area contributed by atoms with Gasteiger partial charge in [0.2, 0.25) is 17.0 Å². The van der Waals surface area contributed by atoms with Gasteiger partial charge in [-0.15, -0.1) is 0 Å². The van der Waals surface area contributed by atoms with Crippen LogP contribution >= 0.6 is 0 Å². The standard InChI is InChI=1S/C28H31FN2O5/c1-6-7-8-23(31-33)14-16-34-26-24(19(4)32)18(3)25-27(36-20(5)30-25)28(26)35-15-13-17(2)21-9-11-22(29)12-10-21/h6-12,17,33H,1,13-16H2,2-5H3/p+1/b8-7-,31-23-. The van der Waals surface area contributed by atoms with Crippen LogP contribution in [0.1, 0.15) is 60.0 Å². The van der Waals surface area contributed by atoms with Crippen LogP contribution in [0.2, 0.25) is 0 Å². The molecule has 0 aliphatic heterocycles. The van der Waals surface area contributed by atoms with Crippen molar-refractivity contribution >= 4 is 22.6 Å². The number of nitrogens with zero attached hydrogens (tertiary/aromatic N) is 1. The molecule has 0 radical (unpaired) electrons. The zero-order valence-electron chi connectivity index (χ0n) is 21.1. The van der Waals surface area contributed by atoms with Gasteiger partial charge in [-0.1, -0.05) is 37.8 Å². The molecule has 36 heavy (non-hydrogen) atoms. The first-order chi connectivity index (χ1) is 17.3. The summed E-state index contributed by atoms with van der Waals surface area (Å²) in [7, 11) is 0. The van der Waals surface area contributed by atoms with Crippen molar-refractivity contribution in [1.29, 1.82) is 0 Å². The zero-order valence-corrected chi connectivity index (χ0v) is 21.1. The first-order valence-corrected chi connectivity index (χ1v) is 11.8. The molecule has 0 aliphatic rings. The summed E-state index contributed by atoms with van der Waals surface area (Å²) < 4.78 is 31.4. The fourth-order valence-electron chi connectivity index (χ4n) is 3.95. The molecule has 3 rings (SSSR count). The minimum atomic E-state index is -0.278. The number of ether oxygens (including phenoxy) is 2. The van der Waals surface area contributed by atoms with Crippen LogP contribution in [0.4, 0.5) is 4.39 Å². The third kappa shape index (κ3) is 6.19. The van der Waals surface area contributed by atoms with E-state index >= 15 is 0 Å². The highest BCUT2D eigenvalue weighted by Crippen LogP contribution is 2.43. The number of Topliss-reactive ketones (excluding diaryl/α,β-unsaturated/α-hetero) is 1. The third-order valence-electron chi connectivity index (χ3n) is 5.89. The van der Waals surface area contributed by atoms with Crippen LogP contribution < -0.4 is 14.6 Å². The van der Waals surface area contributed by atoms with Crippen molar-refractivity contribution < 1.29 is 33.4 Å². The Morgan fingerprint density at radius 2 is 1.92 bits per heavy atom. The third-order valence-corrected chi connectivity index (χ3v) is 5.89. The van der Waals surface area contributed by atoms with Crippen LogP contribution in [0.5, 0.6) is 11.5 Å². The Bertz CT molecular complexity index is 1290. The number of oxazole rings is 1. The second-order valence-electron chi connectivity index (χ2n) is 8.55. The number of allylic oxidation sites excluding steroid dienone is 3. The summed E-state index contributed by atoms with van der Waals surface area (Å²) in [5, 5.41) is 11.5. The Balaban J connectivity index is 1.91. The number of hydrogen-bond acceptors (Lipinski definition) is 6. The van der Waals surface area contributed by atoms with Gasteiger partial charge in [0, 0.05) is 13.0 Å². The SMILES string of the molecule is C=C/C=C\C(CCOc1c(C(C)=O)c(C)c2nc(C)oc2c1OCCC(C)c1ccc(F)cc1)=[NH+]\O. The number of carbonyl (C=O) groups is 1. The van der Waals surface area contributed by atoms with Crippen LogP contribution in [0.3, 0.4) is 0 Å². The molecule has 0 bridgehead atoms.